The molecule has 0 amide bonds. The van der Waals surface area contributed by atoms with Crippen molar-refractivity contribution in [2.45, 2.75) is 52.2 Å². The smallest absolute Gasteiger partial charge is 0.271 e. The minimum atomic E-state index is -0.219. The molecule has 6 heteroatoms. The van der Waals surface area contributed by atoms with E-state index in [1.54, 1.807) is 13.4 Å². The fraction of sp³-hybridized carbons (Fsp3) is 0.500. The molecular weight excluding hydrogens is 322 g/mol. The Bertz CT molecular complexity index is 1030. The van der Waals surface area contributed by atoms with Gasteiger partial charge in [0.2, 0.25) is 0 Å². The largest absolute Gasteiger partial charge is 0.370 e. The van der Waals surface area contributed by atoms with Gasteiger partial charge in [0.1, 0.15) is 9.53 Å². The van der Waals surface area contributed by atoms with Gasteiger partial charge >= 0.3 is 0 Å². The molecule has 0 radical (unpaired) electrons. The summed E-state index contributed by atoms with van der Waals surface area (Å²) in [4.78, 5) is 22.9. The maximum absolute atomic E-state index is 12.5. The van der Waals surface area contributed by atoms with Crippen molar-refractivity contribution >= 4 is 31.8 Å². The first-order chi connectivity index (χ1) is 11.3. The number of pyridine rings is 1. The summed E-state index contributed by atoms with van der Waals surface area (Å²) in [5.74, 6) is 0.314. The van der Waals surface area contributed by atoms with Gasteiger partial charge in [0.25, 0.3) is 5.56 Å². The molecule has 5 nitrogen and oxygen atoms in total. The predicted molar refractivity (Wildman–Crippen MR) is 96.8 cm³/mol. The van der Waals surface area contributed by atoms with Crippen molar-refractivity contribution in [3.05, 3.63) is 33.5 Å². The molecule has 1 aliphatic heterocycles. The fourth-order valence-electron chi connectivity index (χ4n) is 3.45. The standard InChI is InChI=1S/C18H21N3O2S/c1-9(2)13-11-7-23-18(3,4)6-10(11)12-14-15(24-16(12)20-13)17(22)21(5)8-19-14/h8-9H,6-7H2,1-5H3. The zero-order chi connectivity index (χ0) is 17.2. The summed E-state index contributed by atoms with van der Waals surface area (Å²) in [6, 6.07) is 0. The van der Waals surface area contributed by atoms with Crippen LogP contribution in [0.2, 0.25) is 0 Å². The molecule has 3 aromatic heterocycles. The van der Waals surface area contributed by atoms with E-state index >= 15 is 0 Å². The van der Waals surface area contributed by atoms with Crippen molar-refractivity contribution < 1.29 is 4.74 Å². The van der Waals surface area contributed by atoms with Crippen LogP contribution >= 0.6 is 11.3 Å². The zero-order valence-electron chi connectivity index (χ0n) is 14.6. The summed E-state index contributed by atoms with van der Waals surface area (Å²) >= 11 is 1.46. The number of hydrogen-bond donors (Lipinski definition) is 0. The third-order valence-electron chi connectivity index (χ3n) is 4.69. The first-order valence-electron chi connectivity index (χ1n) is 8.22. The van der Waals surface area contributed by atoms with Crippen molar-refractivity contribution in [1.82, 2.24) is 14.5 Å². The van der Waals surface area contributed by atoms with Crippen LogP contribution < -0.4 is 5.56 Å². The Morgan fingerprint density at radius 3 is 2.79 bits per heavy atom. The molecule has 0 N–H and O–H groups in total. The van der Waals surface area contributed by atoms with Crippen molar-refractivity contribution in [3.8, 4) is 0 Å². The number of rotatable bonds is 1. The lowest BCUT2D eigenvalue weighted by atomic mass is 9.87. The molecule has 1 aliphatic rings. The monoisotopic (exact) mass is 343 g/mol. The second-order valence-electron chi connectivity index (χ2n) is 7.45. The molecule has 3 aromatic rings. The number of nitrogens with zero attached hydrogens (tertiary/aromatic N) is 3. The fourth-order valence-corrected chi connectivity index (χ4v) is 4.59. The van der Waals surface area contributed by atoms with E-state index in [-0.39, 0.29) is 11.2 Å². The number of thiophene rings is 1. The molecule has 0 unspecified atom stereocenters. The van der Waals surface area contributed by atoms with E-state index in [1.165, 1.54) is 27.0 Å². The number of hydrogen-bond acceptors (Lipinski definition) is 5. The summed E-state index contributed by atoms with van der Waals surface area (Å²) in [6.45, 7) is 9.09. The number of fused-ring (bicyclic) bond motifs is 5. The summed E-state index contributed by atoms with van der Waals surface area (Å²) in [5, 5.41) is 1.04. The molecule has 0 saturated carbocycles. The third kappa shape index (κ3) is 2.20. The molecule has 24 heavy (non-hydrogen) atoms. The van der Waals surface area contributed by atoms with Gasteiger partial charge < -0.3 is 9.30 Å². The zero-order valence-corrected chi connectivity index (χ0v) is 15.5. The second kappa shape index (κ2) is 5.10. The maximum atomic E-state index is 12.5. The summed E-state index contributed by atoms with van der Waals surface area (Å²) in [5.41, 5.74) is 4.08. The number of aryl methyl sites for hydroxylation is 1. The van der Waals surface area contributed by atoms with Gasteiger partial charge in [0.15, 0.2) is 0 Å². The van der Waals surface area contributed by atoms with Gasteiger partial charge in [-0.25, -0.2) is 9.97 Å². The molecule has 0 bridgehead atoms. The van der Waals surface area contributed by atoms with Crippen molar-refractivity contribution in [3.63, 3.8) is 0 Å². The Kier molecular flexibility index (Phi) is 3.34. The van der Waals surface area contributed by atoms with Crippen LogP contribution in [0.3, 0.4) is 0 Å². The SMILES string of the molecule is CC(C)c1nc2sc3c(=O)n(C)cnc3c2c2c1COC(C)(C)C2. The van der Waals surface area contributed by atoms with Crippen molar-refractivity contribution in [2.75, 3.05) is 0 Å². The number of aromatic nitrogens is 3. The van der Waals surface area contributed by atoms with E-state index in [4.69, 9.17) is 9.72 Å². The van der Waals surface area contributed by atoms with Gasteiger partial charge in [-0.2, -0.15) is 0 Å². The topological polar surface area (TPSA) is 57.0 Å². The average Bonchev–Trinajstić information content (AvgIpc) is 2.88. The first kappa shape index (κ1) is 15.7. The number of ether oxygens (including phenoxy) is 1. The minimum absolute atomic E-state index is 0.00540. The van der Waals surface area contributed by atoms with E-state index in [2.05, 4.69) is 32.7 Å². The Hall–Kier alpha value is -1.79. The molecule has 126 valence electrons. The Balaban J connectivity index is 2.17. The summed E-state index contributed by atoms with van der Waals surface area (Å²) in [6.07, 6.45) is 2.41. The Labute approximate surface area is 144 Å². The molecular formula is C18H21N3O2S. The van der Waals surface area contributed by atoms with Crippen LogP contribution in [0.5, 0.6) is 0 Å². The highest BCUT2D eigenvalue weighted by atomic mass is 32.1. The van der Waals surface area contributed by atoms with Gasteiger partial charge in [-0.15, -0.1) is 11.3 Å². The molecule has 4 rings (SSSR count). The van der Waals surface area contributed by atoms with Gasteiger partial charge in [-0.05, 0) is 25.3 Å². The van der Waals surface area contributed by atoms with E-state index in [1.807, 2.05) is 0 Å². The molecule has 0 aromatic carbocycles. The van der Waals surface area contributed by atoms with Crippen LogP contribution in [-0.4, -0.2) is 20.1 Å². The molecule has 0 saturated heterocycles. The van der Waals surface area contributed by atoms with Crippen LogP contribution in [-0.2, 0) is 24.8 Å². The quantitative estimate of drug-likeness (QED) is 0.678. The van der Waals surface area contributed by atoms with Crippen LogP contribution in [0, 0.1) is 0 Å². The third-order valence-corrected chi connectivity index (χ3v) is 5.75. The van der Waals surface area contributed by atoms with Gasteiger partial charge in [0.05, 0.1) is 29.7 Å². The van der Waals surface area contributed by atoms with Gasteiger partial charge in [0, 0.05) is 24.4 Å². The van der Waals surface area contributed by atoms with Crippen molar-refractivity contribution in [2.24, 2.45) is 7.05 Å². The van der Waals surface area contributed by atoms with Crippen LogP contribution in [0.1, 0.15) is 50.4 Å². The van der Waals surface area contributed by atoms with E-state index in [0.29, 0.717) is 17.2 Å². The van der Waals surface area contributed by atoms with E-state index in [9.17, 15) is 4.79 Å². The Morgan fingerprint density at radius 1 is 1.33 bits per heavy atom. The van der Waals surface area contributed by atoms with Crippen LogP contribution in [0.4, 0.5) is 0 Å². The van der Waals surface area contributed by atoms with E-state index < -0.39 is 0 Å². The van der Waals surface area contributed by atoms with Crippen LogP contribution in [0.25, 0.3) is 20.4 Å². The maximum Gasteiger partial charge on any atom is 0.271 e. The molecule has 4 heterocycles. The summed E-state index contributed by atoms with van der Waals surface area (Å²) in [7, 11) is 1.73. The Morgan fingerprint density at radius 2 is 2.08 bits per heavy atom. The minimum Gasteiger partial charge on any atom is -0.370 e. The normalized spacial score (nSPS) is 16.9. The second-order valence-corrected chi connectivity index (χ2v) is 8.45. The van der Waals surface area contributed by atoms with Gasteiger partial charge in [-0.3, -0.25) is 4.79 Å². The predicted octanol–water partition coefficient (Wildman–Crippen LogP) is 3.52. The van der Waals surface area contributed by atoms with Crippen LogP contribution in [0.15, 0.2) is 11.1 Å². The molecule has 0 aliphatic carbocycles. The first-order valence-corrected chi connectivity index (χ1v) is 9.03. The van der Waals surface area contributed by atoms with Gasteiger partial charge in [-0.1, -0.05) is 13.8 Å². The average molecular weight is 343 g/mol. The lowest BCUT2D eigenvalue weighted by Gasteiger charge is -2.33. The van der Waals surface area contributed by atoms with Crippen molar-refractivity contribution in [1.29, 1.82) is 0 Å². The molecule has 0 atom stereocenters. The molecule has 0 spiro atoms. The highest BCUT2D eigenvalue weighted by molar-refractivity contribution is 7.25. The lowest BCUT2D eigenvalue weighted by Crippen LogP contribution is -2.33. The summed E-state index contributed by atoms with van der Waals surface area (Å²) < 4.78 is 8.26. The molecule has 0 fully saturated rings. The highest BCUT2D eigenvalue weighted by Gasteiger charge is 2.32. The lowest BCUT2D eigenvalue weighted by molar-refractivity contribution is -0.0402. The highest BCUT2D eigenvalue weighted by Crippen LogP contribution is 2.40. The van der Waals surface area contributed by atoms with E-state index in [0.717, 1.165) is 27.8 Å².